The smallest absolute Gasteiger partial charge is 0.270 e. The Labute approximate surface area is 181 Å². The van der Waals surface area contributed by atoms with E-state index < -0.39 is 23.2 Å². The first-order chi connectivity index (χ1) is 15.4. The Bertz CT molecular complexity index is 1270. The van der Waals surface area contributed by atoms with E-state index in [0.717, 1.165) is 12.8 Å². The average Bonchev–Trinajstić information content (AvgIpc) is 3.54. The number of fused-ring (bicyclic) bond motifs is 1. The van der Waals surface area contributed by atoms with Gasteiger partial charge in [-0.1, -0.05) is 6.07 Å². The Morgan fingerprint density at radius 1 is 1.22 bits per heavy atom. The lowest BCUT2D eigenvalue weighted by molar-refractivity contribution is 0.0112. The first kappa shape index (κ1) is 20.5. The van der Waals surface area contributed by atoms with Crippen LogP contribution in [-0.4, -0.2) is 51.0 Å². The van der Waals surface area contributed by atoms with E-state index in [1.165, 1.54) is 12.1 Å². The SMILES string of the molecule is Cc1nc2ccc(CN3CC(Oc4ccc(C(=O)NC5CC5)nc4F)C3)c(F)c2[nH]c1=O. The van der Waals surface area contributed by atoms with E-state index in [1.54, 1.807) is 19.1 Å². The van der Waals surface area contributed by atoms with E-state index in [1.807, 2.05) is 4.90 Å². The Balaban J connectivity index is 1.19. The summed E-state index contributed by atoms with van der Waals surface area (Å²) in [4.78, 5) is 36.0. The number of aromatic amines is 1. The number of nitrogens with zero attached hydrogens (tertiary/aromatic N) is 3. The van der Waals surface area contributed by atoms with Crippen molar-refractivity contribution in [3.05, 3.63) is 63.3 Å². The van der Waals surface area contributed by atoms with E-state index in [2.05, 4.69) is 20.3 Å². The first-order valence-corrected chi connectivity index (χ1v) is 10.4. The maximum Gasteiger partial charge on any atom is 0.270 e. The molecule has 3 aromatic rings. The highest BCUT2D eigenvalue weighted by molar-refractivity contribution is 5.92. The maximum absolute atomic E-state index is 14.8. The van der Waals surface area contributed by atoms with E-state index in [0.29, 0.717) is 30.7 Å². The number of aryl methyl sites for hydroxylation is 1. The molecule has 1 saturated carbocycles. The molecule has 1 saturated heterocycles. The number of hydrogen-bond donors (Lipinski definition) is 2. The zero-order chi connectivity index (χ0) is 22.4. The van der Waals surface area contributed by atoms with Crippen LogP contribution in [0.25, 0.3) is 11.0 Å². The molecule has 1 aliphatic heterocycles. The molecular formula is C22H21F2N5O3. The van der Waals surface area contributed by atoms with Crippen molar-refractivity contribution in [3.8, 4) is 5.75 Å². The number of benzene rings is 1. The van der Waals surface area contributed by atoms with Gasteiger partial charge in [0, 0.05) is 31.2 Å². The first-order valence-electron chi connectivity index (χ1n) is 10.4. The molecule has 32 heavy (non-hydrogen) atoms. The highest BCUT2D eigenvalue weighted by Gasteiger charge is 2.31. The zero-order valence-electron chi connectivity index (χ0n) is 17.3. The van der Waals surface area contributed by atoms with Crippen molar-refractivity contribution in [1.29, 1.82) is 0 Å². The van der Waals surface area contributed by atoms with Crippen molar-refractivity contribution in [2.75, 3.05) is 13.1 Å². The Morgan fingerprint density at radius 3 is 2.72 bits per heavy atom. The number of amides is 1. The van der Waals surface area contributed by atoms with E-state index in [4.69, 9.17) is 4.74 Å². The maximum atomic E-state index is 14.8. The van der Waals surface area contributed by atoms with Crippen LogP contribution in [0.3, 0.4) is 0 Å². The largest absolute Gasteiger partial charge is 0.483 e. The third kappa shape index (κ3) is 4.05. The number of rotatable bonds is 6. The highest BCUT2D eigenvalue weighted by atomic mass is 19.1. The topological polar surface area (TPSA) is 100 Å². The van der Waals surface area contributed by atoms with Crippen LogP contribution in [0.4, 0.5) is 8.78 Å². The molecule has 166 valence electrons. The second-order valence-corrected chi connectivity index (χ2v) is 8.25. The fourth-order valence-electron chi connectivity index (χ4n) is 3.65. The van der Waals surface area contributed by atoms with Crippen LogP contribution in [0.15, 0.2) is 29.1 Å². The van der Waals surface area contributed by atoms with Gasteiger partial charge in [-0.25, -0.2) is 14.4 Å². The van der Waals surface area contributed by atoms with Gasteiger partial charge in [0.2, 0.25) is 0 Å². The average molecular weight is 441 g/mol. The van der Waals surface area contributed by atoms with Gasteiger partial charge < -0.3 is 15.0 Å². The zero-order valence-corrected chi connectivity index (χ0v) is 17.3. The van der Waals surface area contributed by atoms with Gasteiger partial charge in [-0.15, -0.1) is 0 Å². The Kier molecular flexibility index (Phi) is 5.09. The molecular weight excluding hydrogens is 420 g/mol. The predicted octanol–water partition coefficient (Wildman–Crippen LogP) is 2.06. The number of carbonyl (C=O) groups is 1. The monoisotopic (exact) mass is 441 g/mol. The lowest BCUT2D eigenvalue weighted by Gasteiger charge is -2.39. The molecule has 0 radical (unpaired) electrons. The molecule has 8 nitrogen and oxygen atoms in total. The van der Waals surface area contributed by atoms with Crippen molar-refractivity contribution < 1.29 is 18.3 Å². The summed E-state index contributed by atoms with van der Waals surface area (Å²) in [5, 5.41) is 2.76. The van der Waals surface area contributed by atoms with Gasteiger partial charge in [0.25, 0.3) is 17.4 Å². The number of halogens is 2. The van der Waals surface area contributed by atoms with Crippen molar-refractivity contribution in [1.82, 2.24) is 25.2 Å². The summed E-state index contributed by atoms with van der Waals surface area (Å²) in [5.74, 6) is -1.75. The second-order valence-electron chi connectivity index (χ2n) is 8.25. The lowest BCUT2D eigenvalue weighted by atomic mass is 10.1. The number of likely N-dealkylation sites (tertiary alicyclic amines) is 1. The number of nitrogens with one attached hydrogen (secondary N) is 2. The molecule has 2 aliphatic rings. The summed E-state index contributed by atoms with van der Waals surface area (Å²) in [7, 11) is 0. The van der Waals surface area contributed by atoms with Gasteiger partial charge in [-0.3, -0.25) is 14.5 Å². The molecule has 0 bridgehead atoms. The predicted molar refractivity (Wildman–Crippen MR) is 111 cm³/mol. The summed E-state index contributed by atoms with van der Waals surface area (Å²) in [6, 6.07) is 6.32. The molecule has 2 aromatic heterocycles. The van der Waals surface area contributed by atoms with Gasteiger partial charge in [0.15, 0.2) is 11.6 Å². The molecule has 5 rings (SSSR count). The molecule has 1 aliphatic carbocycles. The van der Waals surface area contributed by atoms with Gasteiger partial charge in [0.05, 0.1) is 5.52 Å². The lowest BCUT2D eigenvalue weighted by Crippen LogP contribution is -2.53. The van der Waals surface area contributed by atoms with E-state index in [9.17, 15) is 18.4 Å². The number of H-pyrrole nitrogens is 1. The molecule has 0 unspecified atom stereocenters. The number of carbonyl (C=O) groups excluding carboxylic acids is 1. The summed E-state index contributed by atoms with van der Waals surface area (Å²) < 4.78 is 34.7. The van der Waals surface area contributed by atoms with E-state index >= 15 is 0 Å². The van der Waals surface area contributed by atoms with E-state index in [-0.39, 0.29) is 34.8 Å². The van der Waals surface area contributed by atoms with Gasteiger partial charge in [-0.2, -0.15) is 4.39 Å². The molecule has 0 spiro atoms. The molecule has 1 aromatic carbocycles. The molecule has 3 heterocycles. The fourth-order valence-corrected chi connectivity index (χ4v) is 3.65. The van der Waals surface area contributed by atoms with Crippen LogP contribution in [0.5, 0.6) is 5.75 Å². The van der Waals surface area contributed by atoms with Crippen molar-refractivity contribution in [2.45, 2.75) is 38.5 Å². The standard InChI is InChI=1S/C22H21F2N5O3/c1-11-21(30)28-19-15(25-11)5-2-12(18(19)23)8-29-9-14(10-29)32-17-7-6-16(27-20(17)24)22(31)26-13-3-4-13/h2,5-7,13-14H,3-4,8-10H2,1H3,(H,26,31)(H,28,30). The highest BCUT2D eigenvalue weighted by Crippen LogP contribution is 2.25. The minimum Gasteiger partial charge on any atom is -0.483 e. The van der Waals surface area contributed by atoms with Crippen LogP contribution >= 0.6 is 0 Å². The molecule has 1 amide bonds. The van der Waals surface area contributed by atoms with Crippen molar-refractivity contribution >= 4 is 16.9 Å². The van der Waals surface area contributed by atoms with Gasteiger partial charge in [0.1, 0.15) is 23.0 Å². The third-order valence-corrected chi connectivity index (χ3v) is 5.63. The molecule has 2 N–H and O–H groups in total. The van der Waals surface area contributed by atoms with Crippen LogP contribution in [0.2, 0.25) is 0 Å². The van der Waals surface area contributed by atoms with Crippen LogP contribution in [0, 0.1) is 18.7 Å². The molecule has 10 heteroatoms. The van der Waals surface area contributed by atoms with Crippen molar-refractivity contribution in [3.63, 3.8) is 0 Å². The quantitative estimate of drug-likeness (QED) is 0.568. The second kappa shape index (κ2) is 7.94. The molecule has 2 fully saturated rings. The fraction of sp³-hybridized carbons (Fsp3) is 0.364. The summed E-state index contributed by atoms with van der Waals surface area (Å²) >= 11 is 0. The number of ether oxygens (including phenoxy) is 1. The van der Waals surface area contributed by atoms with Crippen LogP contribution in [-0.2, 0) is 6.54 Å². The van der Waals surface area contributed by atoms with Gasteiger partial charge in [-0.05, 0) is 38.0 Å². The summed E-state index contributed by atoms with van der Waals surface area (Å²) in [5.41, 5.74) is 0.793. The number of pyridine rings is 1. The summed E-state index contributed by atoms with van der Waals surface area (Å²) in [6.45, 7) is 2.84. The Morgan fingerprint density at radius 2 is 2.00 bits per heavy atom. The third-order valence-electron chi connectivity index (χ3n) is 5.63. The van der Waals surface area contributed by atoms with Gasteiger partial charge >= 0.3 is 0 Å². The number of aromatic nitrogens is 3. The van der Waals surface area contributed by atoms with Crippen molar-refractivity contribution in [2.24, 2.45) is 0 Å². The van der Waals surface area contributed by atoms with Crippen LogP contribution < -0.4 is 15.6 Å². The minimum absolute atomic E-state index is 0.0199. The van der Waals surface area contributed by atoms with Crippen LogP contribution in [0.1, 0.15) is 34.6 Å². The summed E-state index contributed by atoms with van der Waals surface area (Å²) in [6.07, 6.45) is 1.60. The Hall–Kier alpha value is -3.40. The molecule has 0 atom stereocenters. The minimum atomic E-state index is -0.834. The number of hydrogen-bond acceptors (Lipinski definition) is 6. The normalized spacial score (nSPS) is 16.7.